The summed E-state index contributed by atoms with van der Waals surface area (Å²) in [5.41, 5.74) is 0.633. The van der Waals surface area contributed by atoms with Crippen LogP contribution in [0.2, 0.25) is 0 Å². The molecule has 0 amide bonds. The zero-order valence-corrected chi connectivity index (χ0v) is 11.8. The van der Waals surface area contributed by atoms with Gasteiger partial charge in [-0.2, -0.15) is 0 Å². The summed E-state index contributed by atoms with van der Waals surface area (Å²) in [4.78, 5) is 10.5. The largest absolute Gasteiger partial charge is 0.497 e. The fraction of sp³-hybridized carbons (Fsp3) is 0.357. The Morgan fingerprint density at radius 3 is 2.76 bits per heavy atom. The van der Waals surface area contributed by atoms with Crippen molar-refractivity contribution in [1.82, 2.24) is 10.2 Å². The molecular weight excluding hydrogens is 276 g/mol. The van der Waals surface area contributed by atoms with Gasteiger partial charge in [-0.05, 0) is 24.6 Å². The number of aryl methyl sites for hydroxylation is 1. The zero-order chi connectivity index (χ0) is 15.2. The predicted octanol–water partition coefficient (Wildman–Crippen LogP) is 2.16. The molecule has 0 aliphatic heterocycles. The second kappa shape index (κ2) is 6.74. The van der Waals surface area contributed by atoms with E-state index in [0.717, 1.165) is 0 Å². The van der Waals surface area contributed by atoms with Crippen LogP contribution in [0.15, 0.2) is 22.6 Å². The van der Waals surface area contributed by atoms with Gasteiger partial charge in [0, 0.05) is 12.8 Å². The third-order valence-electron chi connectivity index (χ3n) is 2.89. The Labute approximate surface area is 121 Å². The Morgan fingerprint density at radius 2 is 2.10 bits per heavy atom. The minimum atomic E-state index is -0.843. The van der Waals surface area contributed by atoms with E-state index in [-0.39, 0.29) is 6.42 Å². The van der Waals surface area contributed by atoms with Crippen molar-refractivity contribution < 1.29 is 23.8 Å². The Bertz CT molecular complexity index is 624. The molecule has 7 nitrogen and oxygen atoms in total. The Morgan fingerprint density at radius 1 is 1.29 bits per heavy atom. The number of ether oxygens (including phenoxy) is 2. The van der Waals surface area contributed by atoms with Crippen LogP contribution in [-0.4, -0.2) is 35.5 Å². The van der Waals surface area contributed by atoms with Crippen molar-refractivity contribution >= 4 is 5.97 Å². The first-order chi connectivity index (χ1) is 10.1. The summed E-state index contributed by atoms with van der Waals surface area (Å²) in [6, 6.07) is 5.27. The lowest BCUT2D eigenvalue weighted by Crippen LogP contribution is -1.95. The van der Waals surface area contributed by atoms with Gasteiger partial charge in [0.15, 0.2) is 0 Å². The van der Waals surface area contributed by atoms with Gasteiger partial charge in [-0.3, -0.25) is 4.79 Å². The van der Waals surface area contributed by atoms with E-state index in [4.69, 9.17) is 19.0 Å². The van der Waals surface area contributed by atoms with Crippen molar-refractivity contribution in [2.45, 2.75) is 19.3 Å². The molecule has 0 fully saturated rings. The molecule has 1 aromatic heterocycles. The molecule has 2 aromatic rings. The smallest absolute Gasteiger partial charge is 0.303 e. The molecule has 2 rings (SSSR count). The predicted molar refractivity (Wildman–Crippen MR) is 73.4 cm³/mol. The SMILES string of the molecule is COc1ccc(OC)c(-c2nnc(CCCC(=O)O)o2)c1. The minimum Gasteiger partial charge on any atom is -0.497 e. The molecule has 112 valence electrons. The van der Waals surface area contributed by atoms with E-state index in [1.165, 1.54) is 0 Å². The van der Waals surface area contributed by atoms with Crippen molar-refractivity contribution in [3.05, 3.63) is 24.1 Å². The van der Waals surface area contributed by atoms with Gasteiger partial charge in [-0.15, -0.1) is 10.2 Å². The molecular formula is C14H16N2O5. The van der Waals surface area contributed by atoms with Gasteiger partial charge in [0.25, 0.3) is 5.89 Å². The lowest BCUT2D eigenvalue weighted by molar-refractivity contribution is -0.137. The summed E-state index contributed by atoms with van der Waals surface area (Å²) >= 11 is 0. The first-order valence-electron chi connectivity index (χ1n) is 6.40. The highest BCUT2D eigenvalue weighted by molar-refractivity contribution is 5.66. The van der Waals surface area contributed by atoms with Gasteiger partial charge in [-0.1, -0.05) is 0 Å². The first kappa shape index (κ1) is 14.8. The average Bonchev–Trinajstić information content (AvgIpc) is 2.95. The van der Waals surface area contributed by atoms with Gasteiger partial charge >= 0.3 is 5.97 Å². The standard InChI is InChI=1S/C14H16N2O5/c1-19-9-6-7-11(20-2)10(8-9)14-16-15-12(21-14)4-3-5-13(17)18/h6-8H,3-5H2,1-2H3,(H,17,18). The van der Waals surface area contributed by atoms with Crippen LogP contribution in [0, 0.1) is 0 Å². The Kier molecular flexibility index (Phi) is 4.76. The van der Waals surface area contributed by atoms with Crippen LogP contribution in [0.3, 0.4) is 0 Å². The summed E-state index contributed by atoms with van der Waals surface area (Å²) in [7, 11) is 3.12. The van der Waals surface area contributed by atoms with Crippen LogP contribution in [0.1, 0.15) is 18.7 Å². The number of benzene rings is 1. The summed E-state index contributed by atoms with van der Waals surface area (Å²) in [6.07, 6.45) is 0.942. The number of methoxy groups -OCH3 is 2. The second-order valence-corrected chi connectivity index (χ2v) is 4.31. The van der Waals surface area contributed by atoms with E-state index in [9.17, 15) is 4.79 Å². The Balaban J connectivity index is 2.18. The topological polar surface area (TPSA) is 94.7 Å². The molecule has 1 aromatic carbocycles. The number of carboxylic acid groups (broad SMARTS) is 1. The van der Waals surface area contributed by atoms with Gasteiger partial charge in [-0.25, -0.2) is 0 Å². The number of carboxylic acids is 1. The first-order valence-corrected chi connectivity index (χ1v) is 6.40. The highest BCUT2D eigenvalue weighted by Crippen LogP contribution is 2.32. The maximum Gasteiger partial charge on any atom is 0.303 e. The molecule has 0 spiro atoms. The molecule has 0 saturated heterocycles. The summed E-state index contributed by atoms with van der Waals surface area (Å²) in [5.74, 6) is 1.12. The summed E-state index contributed by atoms with van der Waals surface area (Å²) in [5, 5.41) is 16.5. The van der Waals surface area contributed by atoms with Crippen LogP contribution in [0.4, 0.5) is 0 Å². The lowest BCUT2D eigenvalue weighted by Gasteiger charge is -2.07. The molecule has 0 bridgehead atoms. The minimum absolute atomic E-state index is 0.0696. The van der Waals surface area contributed by atoms with E-state index >= 15 is 0 Å². The van der Waals surface area contributed by atoms with Crippen molar-refractivity contribution in [1.29, 1.82) is 0 Å². The molecule has 0 unspecified atom stereocenters. The summed E-state index contributed by atoms with van der Waals surface area (Å²) in [6.45, 7) is 0. The van der Waals surface area contributed by atoms with E-state index < -0.39 is 5.97 Å². The third kappa shape index (κ3) is 3.71. The number of hydrogen-bond acceptors (Lipinski definition) is 6. The van der Waals surface area contributed by atoms with Crippen molar-refractivity contribution in [2.75, 3.05) is 14.2 Å². The molecule has 1 N–H and O–H groups in total. The molecule has 0 aliphatic carbocycles. The normalized spacial score (nSPS) is 10.4. The molecule has 0 aliphatic rings. The maximum absolute atomic E-state index is 10.5. The van der Waals surface area contributed by atoms with Crippen molar-refractivity contribution in [3.63, 3.8) is 0 Å². The molecule has 0 atom stereocenters. The van der Waals surface area contributed by atoms with E-state index in [2.05, 4.69) is 10.2 Å². The number of hydrogen-bond donors (Lipinski definition) is 1. The van der Waals surface area contributed by atoms with Crippen LogP contribution in [0.5, 0.6) is 11.5 Å². The number of rotatable bonds is 7. The highest BCUT2D eigenvalue weighted by atomic mass is 16.5. The second-order valence-electron chi connectivity index (χ2n) is 4.31. The van der Waals surface area contributed by atoms with E-state index in [1.54, 1.807) is 32.4 Å². The van der Waals surface area contributed by atoms with Crippen LogP contribution in [-0.2, 0) is 11.2 Å². The van der Waals surface area contributed by atoms with Crippen molar-refractivity contribution in [2.24, 2.45) is 0 Å². The van der Waals surface area contributed by atoms with Crippen LogP contribution >= 0.6 is 0 Å². The molecule has 0 saturated carbocycles. The lowest BCUT2D eigenvalue weighted by atomic mass is 10.2. The molecule has 21 heavy (non-hydrogen) atoms. The van der Waals surface area contributed by atoms with Gasteiger partial charge in [0.2, 0.25) is 5.89 Å². The van der Waals surface area contributed by atoms with Gasteiger partial charge in [0.1, 0.15) is 11.5 Å². The van der Waals surface area contributed by atoms with E-state index in [0.29, 0.717) is 41.7 Å². The van der Waals surface area contributed by atoms with Gasteiger partial charge in [0.05, 0.1) is 19.8 Å². The van der Waals surface area contributed by atoms with Gasteiger partial charge < -0.3 is 19.0 Å². The fourth-order valence-electron chi connectivity index (χ4n) is 1.84. The van der Waals surface area contributed by atoms with Crippen LogP contribution in [0.25, 0.3) is 11.5 Å². The number of aromatic nitrogens is 2. The third-order valence-corrected chi connectivity index (χ3v) is 2.89. The summed E-state index contributed by atoms with van der Waals surface area (Å²) < 4.78 is 16.0. The maximum atomic E-state index is 10.5. The monoisotopic (exact) mass is 292 g/mol. The fourth-order valence-corrected chi connectivity index (χ4v) is 1.84. The van der Waals surface area contributed by atoms with Crippen LogP contribution < -0.4 is 9.47 Å². The zero-order valence-electron chi connectivity index (χ0n) is 11.8. The quantitative estimate of drug-likeness (QED) is 0.835. The Hall–Kier alpha value is -2.57. The van der Waals surface area contributed by atoms with Crippen molar-refractivity contribution in [3.8, 4) is 23.0 Å². The number of carbonyl (C=O) groups is 1. The van der Waals surface area contributed by atoms with E-state index in [1.807, 2.05) is 0 Å². The number of nitrogens with zero attached hydrogens (tertiary/aromatic N) is 2. The molecule has 7 heteroatoms. The molecule has 0 radical (unpaired) electrons. The molecule has 1 heterocycles. The highest BCUT2D eigenvalue weighted by Gasteiger charge is 2.15. The average molecular weight is 292 g/mol. The number of aliphatic carboxylic acids is 1.